The molecule has 2 aliphatic heterocycles. The van der Waals surface area contributed by atoms with Gasteiger partial charge in [-0.25, -0.2) is 0 Å². The molecule has 18 heavy (non-hydrogen) atoms. The second kappa shape index (κ2) is 4.54. The van der Waals surface area contributed by atoms with Crippen LogP contribution in [0.15, 0.2) is 18.3 Å². The van der Waals surface area contributed by atoms with E-state index in [1.807, 2.05) is 24.0 Å². The molecule has 1 aromatic heterocycles. The summed E-state index contributed by atoms with van der Waals surface area (Å²) in [7, 11) is 0. The molecule has 0 spiro atoms. The van der Waals surface area contributed by atoms with Crippen LogP contribution >= 0.6 is 11.6 Å². The van der Waals surface area contributed by atoms with Gasteiger partial charge in [-0.15, -0.1) is 11.6 Å². The molecule has 2 bridgehead atoms. The molecular weight excluding hydrogens is 248 g/mol. The van der Waals surface area contributed by atoms with Gasteiger partial charge in [0, 0.05) is 29.4 Å². The lowest BCUT2D eigenvalue weighted by Crippen LogP contribution is -2.46. The maximum atomic E-state index is 12.5. The van der Waals surface area contributed by atoms with Gasteiger partial charge >= 0.3 is 0 Å². The average molecular weight is 265 g/mol. The second-order valence-corrected chi connectivity index (χ2v) is 5.97. The third-order valence-electron chi connectivity index (χ3n) is 4.07. The first-order valence-electron chi connectivity index (χ1n) is 6.54. The van der Waals surface area contributed by atoms with E-state index in [-0.39, 0.29) is 11.3 Å². The number of nitrogens with zero attached hydrogens (tertiary/aromatic N) is 2. The number of fused-ring (bicyclic) bond motifs is 2. The highest BCUT2D eigenvalue weighted by atomic mass is 35.5. The van der Waals surface area contributed by atoms with Gasteiger partial charge in [0.2, 0.25) is 0 Å². The van der Waals surface area contributed by atoms with Gasteiger partial charge in [-0.05, 0) is 44.7 Å². The molecule has 3 nitrogen and oxygen atoms in total. The predicted molar refractivity (Wildman–Crippen MR) is 70.8 cm³/mol. The first-order valence-corrected chi connectivity index (χ1v) is 6.98. The molecule has 3 rings (SSSR count). The van der Waals surface area contributed by atoms with E-state index in [0.29, 0.717) is 17.6 Å². The van der Waals surface area contributed by atoms with Crippen LogP contribution in [0.5, 0.6) is 0 Å². The summed E-state index contributed by atoms with van der Waals surface area (Å²) in [4.78, 5) is 18.8. The van der Waals surface area contributed by atoms with Crippen molar-refractivity contribution in [3.8, 4) is 0 Å². The van der Waals surface area contributed by atoms with Crippen molar-refractivity contribution in [2.24, 2.45) is 0 Å². The number of aromatic nitrogens is 1. The van der Waals surface area contributed by atoms with Crippen molar-refractivity contribution >= 4 is 17.5 Å². The summed E-state index contributed by atoms with van der Waals surface area (Å²) in [5, 5.41) is 0.239. The lowest BCUT2D eigenvalue weighted by Gasteiger charge is -2.37. The fourth-order valence-corrected chi connectivity index (χ4v) is 3.60. The van der Waals surface area contributed by atoms with Crippen molar-refractivity contribution in [1.29, 1.82) is 0 Å². The molecule has 2 aliphatic rings. The van der Waals surface area contributed by atoms with Crippen LogP contribution in [0.1, 0.15) is 41.7 Å². The molecule has 1 aromatic rings. The highest BCUT2D eigenvalue weighted by molar-refractivity contribution is 6.20. The predicted octanol–water partition coefficient (Wildman–Crippen LogP) is 2.76. The minimum atomic E-state index is 0.124. The maximum absolute atomic E-state index is 12.5. The molecule has 0 saturated carbocycles. The molecule has 0 aromatic carbocycles. The Morgan fingerprint density at radius 1 is 1.33 bits per heavy atom. The van der Waals surface area contributed by atoms with Gasteiger partial charge in [0.05, 0.1) is 5.56 Å². The number of piperidine rings is 1. The largest absolute Gasteiger partial charge is 0.333 e. The summed E-state index contributed by atoms with van der Waals surface area (Å²) in [6.07, 6.45) is 5.74. The Hall–Kier alpha value is -1.09. The lowest BCUT2D eigenvalue weighted by atomic mass is 10.0. The molecular formula is C14H17ClN2O. The Morgan fingerprint density at radius 3 is 2.56 bits per heavy atom. The van der Waals surface area contributed by atoms with Crippen LogP contribution < -0.4 is 0 Å². The van der Waals surface area contributed by atoms with Crippen LogP contribution in [0.25, 0.3) is 0 Å². The standard InChI is InChI=1S/C14H17ClN2O/c1-9-2-3-10(8-16-9)14(18)17-12-4-5-13(17)7-11(15)6-12/h2-3,8,11-13H,4-7H2,1H3. The lowest BCUT2D eigenvalue weighted by molar-refractivity contribution is 0.0599. The zero-order valence-corrected chi connectivity index (χ0v) is 11.2. The van der Waals surface area contributed by atoms with E-state index in [1.54, 1.807) is 6.20 Å². The van der Waals surface area contributed by atoms with Crippen LogP contribution in [0.2, 0.25) is 0 Å². The van der Waals surface area contributed by atoms with Crippen LogP contribution in [-0.2, 0) is 0 Å². The number of carbonyl (C=O) groups excluding carboxylic acids is 1. The Morgan fingerprint density at radius 2 is 2.00 bits per heavy atom. The number of amides is 1. The summed E-state index contributed by atoms with van der Waals surface area (Å²) >= 11 is 6.23. The molecule has 3 heterocycles. The zero-order valence-electron chi connectivity index (χ0n) is 10.5. The summed E-state index contributed by atoms with van der Waals surface area (Å²) in [5.74, 6) is 0.124. The van der Waals surface area contributed by atoms with Crippen molar-refractivity contribution < 1.29 is 4.79 Å². The van der Waals surface area contributed by atoms with Crippen molar-refractivity contribution in [2.45, 2.75) is 50.1 Å². The smallest absolute Gasteiger partial charge is 0.255 e. The van der Waals surface area contributed by atoms with E-state index in [4.69, 9.17) is 11.6 Å². The Labute approximate surface area is 112 Å². The first kappa shape index (κ1) is 12.0. The topological polar surface area (TPSA) is 33.2 Å². The van der Waals surface area contributed by atoms with Gasteiger partial charge < -0.3 is 4.90 Å². The summed E-state index contributed by atoms with van der Waals surface area (Å²) in [6.45, 7) is 1.93. The zero-order chi connectivity index (χ0) is 12.7. The van der Waals surface area contributed by atoms with Gasteiger partial charge in [0.1, 0.15) is 0 Å². The third-order valence-corrected chi connectivity index (χ3v) is 4.42. The first-order chi connectivity index (χ1) is 8.65. The molecule has 0 N–H and O–H groups in total. The van der Waals surface area contributed by atoms with Crippen LogP contribution in [0.3, 0.4) is 0 Å². The van der Waals surface area contributed by atoms with Gasteiger partial charge in [-0.1, -0.05) is 0 Å². The summed E-state index contributed by atoms with van der Waals surface area (Å²) in [6, 6.07) is 4.43. The number of aryl methyl sites for hydroxylation is 1. The van der Waals surface area contributed by atoms with Gasteiger partial charge in [0.15, 0.2) is 0 Å². The number of hydrogen-bond acceptors (Lipinski definition) is 2. The van der Waals surface area contributed by atoms with E-state index >= 15 is 0 Å². The number of halogens is 1. The molecule has 1 amide bonds. The number of hydrogen-bond donors (Lipinski definition) is 0. The van der Waals surface area contributed by atoms with Gasteiger partial charge in [-0.2, -0.15) is 0 Å². The molecule has 4 heteroatoms. The molecule has 0 radical (unpaired) electrons. The quantitative estimate of drug-likeness (QED) is 0.731. The minimum Gasteiger partial charge on any atom is -0.333 e. The molecule has 2 unspecified atom stereocenters. The van der Waals surface area contributed by atoms with Crippen molar-refractivity contribution in [2.75, 3.05) is 0 Å². The monoisotopic (exact) mass is 264 g/mol. The summed E-state index contributed by atoms with van der Waals surface area (Å²) < 4.78 is 0. The fourth-order valence-electron chi connectivity index (χ4n) is 3.19. The van der Waals surface area contributed by atoms with Crippen LogP contribution in [-0.4, -0.2) is 33.3 Å². The van der Waals surface area contributed by atoms with Gasteiger partial charge in [0.25, 0.3) is 5.91 Å². The normalized spacial score (nSPS) is 30.6. The maximum Gasteiger partial charge on any atom is 0.255 e. The highest BCUT2D eigenvalue weighted by Gasteiger charge is 2.42. The van der Waals surface area contributed by atoms with E-state index < -0.39 is 0 Å². The number of rotatable bonds is 1. The highest BCUT2D eigenvalue weighted by Crippen LogP contribution is 2.38. The fraction of sp³-hybridized carbons (Fsp3) is 0.571. The molecule has 2 atom stereocenters. The van der Waals surface area contributed by atoms with E-state index in [0.717, 1.165) is 31.4 Å². The van der Waals surface area contributed by atoms with Crippen LogP contribution in [0, 0.1) is 6.92 Å². The minimum absolute atomic E-state index is 0.124. The van der Waals surface area contributed by atoms with Crippen molar-refractivity contribution in [3.05, 3.63) is 29.6 Å². The number of pyridine rings is 1. The van der Waals surface area contributed by atoms with E-state index in [1.165, 1.54) is 0 Å². The molecule has 2 saturated heterocycles. The number of carbonyl (C=O) groups is 1. The molecule has 2 fully saturated rings. The van der Waals surface area contributed by atoms with Crippen LogP contribution in [0.4, 0.5) is 0 Å². The molecule has 0 aliphatic carbocycles. The van der Waals surface area contributed by atoms with Crippen molar-refractivity contribution in [3.63, 3.8) is 0 Å². The summed E-state index contributed by atoms with van der Waals surface area (Å²) in [5.41, 5.74) is 1.64. The Bertz CT molecular complexity index is 445. The SMILES string of the molecule is Cc1ccc(C(=O)N2C3CCC2CC(Cl)C3)cn1. The Balaban J connectivity index is 1.83. The Kier molecular flexibility index (Phi) is 3.02. The average Bonchev–Trinajstić information content (AvgIpc) is 2.62. The van der Waals surface area contributed by atoms with E-state index in [9.17, 15) is 4.79 Å². The third kappa shape index (κ3) is 2.01. The van der Waals surface area contributed by atoms with Gasteiger partial charge in [-0.3, -0.25) is 9.78 Å². The number of alkyl halides is 1. The second-order valence-electron chi connectivity index (χ2n) is 5.35. The van der Waals surface area contributed by atoms with E-state index in [2.05, 4.69) is 4.98 Å². The van der Waals surface area contributed by atoms with Crippen molar-refractivity contribution in [1.82, 2.24) is 9.88 Å². The molecule has 96 valence electrons.